The molecule has 0 aliphatic heterocycles. The second-order valence-electron chi connectivity index (χ2n) is 13.9. The average Bonchev–Trinajstić information content (AvgIpc) is 2.93. The van der Waals surface area contributed by atoms with Gasteiger partial charge < -0.3 is 34.9 Å². The molecule has 0 bridgehead atoms. The quantitative estimate of drug-likeness (QED) is 0.305. The molecule has 262 valence electrons. The summed E-state index contributed by atoms with van der Waals surface area (Å²) in [4.78, 5) is 35.8. The van der Waals surface area contributed by atoms with Gasteiger partial charge in [0.15, 0.2) is 0 Å². The molecule has 2 aromatic rings. The number of hydrogen-bond donors (Lipinski definition) is 3. The zero-order chi connectivity index (χ0) is 35.2. The highest BCUT2D eigenvalue weighted by Crippen LogP contribution is 2.27. The first-order chi connectivity index (χ1) is 22.0. The number of alkyl carbamates (subject to hydrolysis) is 2. The predicted molar refractivity (Wildman–Crippen MR) is 184 cm³/mol. The number of benzene rings is 2. The van der Waals surface area contributed by atoms with Crippen molar-refractivity contribution in [1.82, 2.24) is 20.9 Å². The lowest BCUT2D eigenvalue weighted by Gasteiger charge is -2.41. The van der Waals surface area contributed by atoms with Crippen molar-refractivity contribution in [2.45, 2.75) is 110 Å². The van der Waals surface area contributed by atoms with E-state index >= 15 is 0 Å². The molecule has 0 unspecified atom stereocenters. The zero-order valence-corrected chi connectivity index (χ0v) is 29.9. The predicted octanol–water partition coefficient (Wildman–Crippen LogP) is 5.84. The fourth-order valence-corrected chi connectivity index (χ4v) is 4.70. The van der Waals surface area contributed by atoms with Gasteiger partial charge in [-0.2, -0.15) is 0 Å². The van der Waals surface area contributed by atoms with Crippen LogP contribution in [0.15, 0.2) is 48.5 Å². The van der Waals surface area contributed by atoms with Crippen LogP contribution in [0.1, 0.15) is 78.4 Å². The Morgan fingerprint density at radius 3 is 1.55 bits per heavy atom. The van der Waals surface area contributed by atoms with Gasteiger partial charge in [0.05, 0.1) is 14.2 Å². The summed E-state index contributed by atoms with van der Waals surface area (Å²) in [5, 5.41) is 8.63. The molecule has 2 amide bonds. The number of rotatable bonds is 9. The van der Waals surface area contributed by atoms with E-state index in [1.165, 1.54) is 11.1 Å². The molecule has 2 saturated carbocycles. The minimum absolute atomic E-state index is 0.0117. The van der Waals surface area contributed by atoms with Crippen LogP contribution in [0.5, 0.6) is 11.5 Å². The van der Waals surface area contributed by atoms with Crippen molar-refractivity contribution in [3.05, 3.63) is 59.7 Å². The van der Waals surface area contributed by atoms with E-state index in [9.17, 15) is 14.4 Å². The van der Waals surface area contributed by atoms with E-state index in [0.717, 1.165) is 37.4 Å². The van der Waals surface area contributed by atoms with Gasteiger partial charge >= 0.3 is 12.2 Å². The summed E-state index contributed by atoms with van der Waals surface area (Å²) in [7, 11) is 7.41. The van der Waals surface area contributed by atoms with Crippen LogP contribution in [0, 0.1) is 0 Å². The molecule has 2 aliphatic rings. The SMILES string of the molecule is CC(C)(C)OC(=O)NC1CC(=O)C1.CNCc1ccc(OC)cc1.COc1ccc(CN(C)C2CC(NC(=O)OC(C)(C)C)C2)cc1. The summed E-state index contributed by atoms with van der Waals surface area (Å²) < 4.78 is 20.5. The second kappa shape index (κ2) is 18.5. The number of carbonyl (C=O) groups excluding carboxylic acids is 3. The maximum absolute atomic E-state index is 11.7. The minimum Gasteiger partial charge on any atom is -0.497 e. The summed E-state index contributed by atoms with van der Waals surface area (Å²) in [5.41, 5.74) is 1.61. The number of hydrogen-bond acceptors (Lipinski definition) is 9. The Bertz CT molecular complexity index is 1240. The number of methoxy groups -OCH3 is 2. The van der Waals surface area contributed by atoms with Crippen LogP contribution in [0.25, 0.3) is 0 Å². The van der Waals surface area contributed by atoms with E-state index in [1.54, 1.807) is 35.0 Å². The summed E-state index contributed by atoms with van der Waals surface area (Å²) in [6, 6.07) is 16.9. The maximum atomic E-state index is 11.7. The Balaban J connectivity index is 0.000000270. The number of carbonyl (C=O) groups is 3. The molecule has 0 atom stereocenters. The van der Waals surface area contributed by atoms with Gasteiger partial charge in [0.2, 0.25) is 0 Å². The third-order valence-electron chi connectivity index (χ3n) is 7.26. The molecule has 4 rings (SSSR count). The first kappa shape index (κ1) is 39.3. The van der Waals surface area contributed by atoms with Crippen LogP contribution >= 0.6 is 0 Å². The standard InChI is InChI=1S/C18H28N2O3.C9H15NO3.C9H13NO/c1-18(2,3)23-17(21)19-14-10-15(11-14)20(4)12-13-6-8-16(22-5)9-7-13;1-9(2,3)13-8(12)10-6-4-7(11)5-6;1-10-7-8-3-5-9(11-2)6-4-8/h6-9,14-15H,10-12H2,1-5H3,(H,19,21);6H,4-5H2,1-3H3,(H,10,12);3-6,10H,7H2,1-2H3. The molecule has 11 heteroatoms. The Hall–Kier alpha value is -3.83. The van der Waals surface area contributed by atoms with Crippen molar-refractivity contribution in [3.63, 3.8) is 0 Å². The summed E-state index contributed by atoms with van der Waals surface area (Å²) in [6.07, 6.45) is 2.06. The Labute approximate surface area is 281 Å². The molecule has 0 heterocycles. The van der Waals surface area contributed by atoms with Gasteiger partial charge in [-0.1, -0.05) is 24.3 Å². The number of amides is 2. The first-order valence-corrected chi connectivity index (χ1v) is 16.1. The maximum Gasteiger partial charge on any atom is 0.407 e. The van der Waals surface area contributed by atoms with Crippen LogP contribution in [0.4, 0.5) is 9.59 Å². The fourth-order valence-electron chi connectivity index (χ4n) is 4.70. The van der Waals surface area contributed by atoms with Crippen molar-refractivity contribution in [2.24, 2.45) is 0 Å². The van der Waals surface area contributed by atoms with Gasteiger partial charge in [-0.15, -0.1) is 0 Å². The molecular formula is C36H56N4O7. The van der Waals surface area contributed by atoms with Gasteiger partial charge in [0.25, 0.3) is 0 Å². The molecule has 2 aliphatic carbocycles. The monoisotopic (exact) mass is 656 g/mol. The molecular weight excluding hydrogens is 600 g/mol. The van der Waals surface area contributed by atoms with E-state index in [2.05, 4.69) is 52.2 Å². The lowest BCUT2D eigenvalue weighted by atomic mass is 9.85. The van der Waals surface area contributed by atoms with E-state index in [-0.39, 0.29) is 24.0 Å². The van der Waals surface area contributed by atoms with Crippen LogP contribution < -0.4 is 25.4 Å². The van der Waals surface area contributed by atoms with Gasteiger partial charge in [-0.25, -0.2) is 9.59 Å². The summed E-state index contributed by atoms with van der Waals surface area (Å²) in [6.45, 7) is 12.8. The Morgan fingerprint density at radius 1 is 0.745 bits per heavy atom. The van der Waals surface area contributed by atoms with Crippen molar-refractivity contribution in [2.75, 3.05) is 28.3 Å². The summed E-state index contributed by atoms with van der Waals surface area (Å²) in [5.74, 6) is 1.98. The fraction of sp³-hybridized carbons (Fsp3) is 0.583. The molecule has 0 saturated heterocycles. The third-order valence-corrected chi connectivity index (χ3v) is 7.26. The highest BCUT2D eigenvalue weighted by Gasteiger charge is 2.34. The van der Waals surface area contributed by atoms with Crippen molar-refractivity contribution < 1.29 is 33.3 Å². The van der Waals surface area contributed by atoms with Crippen molar-refractivity contribution in [1.29, 1.82) is 0 Å². The minimum atomic E-state index is -0.474. The number of nitrogens with one attached hydrogen (secondary N) is 3. The lowest BCUT2D eigenvalue weighted by Crippen LogP contribution is -2.53. The highest BCUT2D eigenvalue weighted by molar-refractivity contribution is 5.87. The van der Waals surface area contributed by atoms with E-state index in [4.69, 9.17) is 18.9 Å². The molecule has 2 fully saturated rings. The zero-order valence-electron chi connectivity index (χ0n) is 29.9. The van der Waals surface area contributed by atoms with Crippen LogP contribution in [-0.2, 0) is 27.4 Å². The van der Waals surface area contributed by atoms with Gasteiger partial charge in [0, 0.05) is 44.1 Å². The molecule has 2 aromatic carbocycles. The van der Waals surface area contributed by atoms with Crippen LogP contribution in [0.2, 0.25) is 0 Å². The molecule has 11 nitrogen and oxygen atoms in total. The van der Waals surface area contributed by atoms with Gasteiger partial charge in [0.1, 0.15) is 28.5 Å². The molecule has 0 radical (unpaired) electrons. The smallest absolute Gasteiger partial charge is 0.407 e. The molecule has 0 aromatic heterocycles. The topological polar surface area (TPSA) is 127 Å². The van der Waals surface area contributed by atoms with E-state index in [0.29, 0.717) is 18.9 Å². The second-order valence-corrected chi connectivity index (χ2v) is 13.9. The first-order valence-electron chi connectivity index (χ1n) is 16.1. The highest BCUT2D eigenvalue weighted by atomic mass is 16.6. The molecule has 3 N–H and O–H groups in total. The van der Waals surface area contributed by atoms with Crippen LogP contribution in [0.3, 0.4) is 0 Å². The average molecular weight is 657 g/mol. The van der Waals surface area contributed by atoms with E-state index < -0.39 is 17.3 Å². The van der Waals surface area contributed by atoms with Crippen molar-refractivity contribution >= 4 is 18.0 Å². The van der Waals surface area contributed by atoms with Gasteiger partial charge in [-0.3, -0.25) is 9.69 Å². The Kier molecular flexibility index (Phi) is 15.5. The lowest BCUT2D eigenvalue weighted by molar-refractivity contribution is -0.125. The normalized spacial score (nSPS) is 17.4. The number of Topliss-reactive ketones (excluding diaryl/α,β-unsaturated/α-hetero) is 1. The molecule has 47 heavy (non-hydrogen) atoms. The van der Waals surface area contributed by atoms with Crippen molar-refractivity contribution in [3.8, 4) is 11.5 Å². The molecule has 0 spiro atoms. The largest absolute Gasteiger partial charge is 0.497 e. The third kappa shape index (κ3) is 16.0. The summed E-state index contributed by atoms with van der Waals surface area (Å²) >= 11 is 0. The number of nitrogens with zero attached hydrogens (tertiary/aromatic N) is 1. The van der Waals surface area contributed by atoms with Crippen LogP contribution in [-0.4, -0.2) is 80.5 Å². The number of ether oxygens (including phenoxy) is 4. The number of ketones is 1. The Morgan fingerprint density at radius 2 is 1.17 bits per heavy atom. The van der Waals surface area contributed by atoms with Gasteiger partial charge in [-0.05, 0) is 104 Å². The van der Waals surface area contributed by atoms with E-state index in [1.807, 2.05) is 52.1 Å².